The topological polar surface area (TPSA) is 56.4 Å². The van der Waals surface area contributed by atoms with Crippen molar-refractivity contribution in [2.45, 2.75) is 25.3 Å². The van der Waals surface area contributed by atoms with Gasteiger partial charge in [-0.1, -0.05) is 0 Å². The molecule has 1 aromatic rings. The summed E-state index contributed by atoms with van der Waals surface area (Å²) in [6.07, 6.45) is 6.47. The minimum atomic E-state index is -0.198. The summed E-state index contributed by atoms with van der Waals surface area (Å²) in [7, 11) is 2.18. The van der Waals surface area contributed by atoms with E-state index in [-0.39, 0.29) is 16.9 Å². The van der Waals surface area contributed by atoms with E-state index in [2.05, 4.69) is 16.9 Å². The highest BCUT2D eigenvalue weighted by atomic mass is 16.2. The van der Waals surface area contributed by atoms with Crippen LogP contribution >= 0.6 is 0 Å². The predicted molar refractivity (Wildman–Crippen MR) is 76.7 cm³/mol. The predicted octanol–water partition coefficient (Wildman–Crippen LogP) is 0.931. The van der Waals surface area contributed by atoms with Gasteiger partial charge in [0.15, 0.2) is 5.43 Å². The van der Waals surface area contributed by atoms with Gasteiger partial charge < -0.3 is 14.8 Å². The van der Waals surface area contributed by atoms with Gasteiger partial charge in [-0.25, -0.2) is 0 Å². The summed E-state index contributed by atoms with van der Waals surface area (Å²) in [6, 6.07) is 2.01. The Hall–Kier alpha value is -1.62. The number of amides is 1. The number of rotatable bonds is 1. The van der Waals surface area contributed by atoms with Crippen molar-refractivity contribution in [1.29, 1.82) is 0 Å². The van der Waals surface area contributed by atoms with Crippen LogP contribution < -0.4 is 5.43 Å². The maximum absolute atomic E-state index is 12.5. The Bertz CT molecular complexity index is 554. The van der Waals surface area contributed by atoms with Gasteiger partial charge in [0.1, 0.15) is 5.56 Å². The molecule has 1 aromatic heterocycles. The van der Waals surface area contributed by atoms with Gasteiger partial charge in [-0.2, -0.15) is 0 Å². The van der Waals surface area contributed by atoms with E-state index in [0.29, 0.717) is 12.0 Å². The van der Waals surface area contributed by atoms with Crippen molar-refractivity contribution < 1.29 is 4.79 Å². The molecule has 3 rings (SSSR count). The van der Waals surface area contributed by atoms with E-state index in [1.54, 1.807) is 6.20 Å². The zero-order chi connectivity index (χ0) is 14.1. The lowest BCUT2D eigenvalue weighted by Gasteiger charge is -2.45. The van der Waals surface area contributed by atoms with Gasteiger partial charge in [0.25, 0.3) is 5.91 Å². The van der Waals surface area contributed by atoms with E-state index in [4.69, 9.17) is 0 Å². The number of likely N-dealkylation sites (tertiary alicyclic amines) is 2. The number of aromatic amines is 1. The fourth-order valence-corrected chi connectivity index (χ4v) is 3.59. The molecule has 1 N–H and O–H groups in total. The number of carbonyl (C=O) groups is 1. The number of aromatic nitrogens is 1. The Kier molecular flexibility index (Phi) is 3.61. The molecule has 5 nitrogen and oxygen atoms in total. The molecule has 2 aliphatic heterocycles. The minimum absolute atomic E-state index is 0.126. The van der Waals surface area contributed by atoms with Crippen LogP contribution in [-0.4, -0.2) is 53.4 Å². The first-order chi connectivity index (χ1) is 9.66. The first-order valence-electron chi connectivity index (χ1n) is 7.33. The molecule has 0 aliphatic carbocycles. The van der Waals surface area contributed by atoms with Crippen molar-refractivity contribution in [3.63, 3.8) is 0 Å². The number of carbonyl (C=O) groups excluding carboxylic acids is 1. The number of pyridine rings is 1. The average molecular weight is 275 g/mol. The molecule has 3 heterocycles. The van der Waals surface area contributed by atoms with E-state index in [9.17, 15) is 9.59 Å². The van der Waals surface area contributed by atoms with Crippen LogP contribution in [0.2, 0.25) is 0 Å². The Morgan fingerprint density at radius 3 is 3.00 bits per heavy atom. The fourth-order valence-electron chi connectivity index (χ4n) is 3.59. The molecule has 2 unspecified atom stereocenters. The van der Waals surface area contributed by atoms with Gasteiger partial charge in [-0.05, 0) is 38.8 Å². The zero-order valence-electron chi connectivity index (χ0n) is 11.8. The van der Waals surface area contributed by atoms with Crippen LogP contribution in [0, 0.1) is 5.92 Å². The Balaban J connectivity index is 1.75. The summed E-state index contributed by atoms with van der Waals surface area (Å²) >= 11 is 0. The second kappa shape index (κ2) is 5.40. The minimum Gasteiger partial charge on any atom is -0.367 e. The van der Waals surface area contributed by atoms with Crippen LogP contribution in [0.25, 0.3) is 0 Å². The Morgan fingerprint density at radius 2 is 2.20 bits per heavy atom. The van der Waals surface area contributed by atoms with Crippen LogP contribution in [0.3, 0.4) is 0 Å². The summed E-state index contributed by atoms with van der Waals surface area (Å²) in [5, 5.41) is 0. The second-order valence-corrected chi connectivity index (χ2v) is 5.91. The molecule has 0 saturated carbocycles. The number of fused-ring (bicyclic) bond motifs is 1. The van der Waals surface area contributed by atoms with Gasteiger partial charge in [-0.3, -0.25) is 9.59 Å². The SMILES string of the molecule is CN1CCCC2CN(C(=O)c3c[nH]ccc3=O)CCC21. The molecule has 0 bridgehead atoms. The molecular weight excluding hydrogens is 254 g/mol. The van der Waals surface area contributed by atoms with E-state index >= 15 is 0 Å². The lowest BCUT2D eigenvalue weighted by Crippen LogP contribution is -2.54. The number of nitrogens with zero attached hydrogens (tertiary/aromatic N) is 2. The third kappa shape index (κ3) is 2.38. The summed E-state index contributed by atoms with van der Waals surface area (Å²) in [4.78, 5) is 31.3. The summed E-state index contributed by atoms with van der Waals surface area (Å²) in [5.74, 6) is 0.424. The molecule has 108 valence electrons. The molecule has 2 saturated heterocycles. The zero-order valence-corrected chi connectivity index (χ0v) is 11.8. The van der Waals surface area contributed by atoms with Crippen molar-refractivity contribution in [3.05, 3.63) is 34.2 Å². The molecule has 2 atom stereocenters. The highest BCUT2D eigenvalue weighted by Gasteiger charge is 2.36. The number of hydrogen-bond acceptors (Lipinski definition) is 3. The van der Waals surface area contributed by atoms with Crippen molar-refractivity contribution >= 4 is 5.91 Å². The van der Waals surface area contributed by atoms with Gasteiger partial charge >= 0.3 is 0 Å². The highest BCUT2D eigenvalue weighted by Crippen LogP contribution is 2.29. The van der Waals surface area contributed by atoms with Gasteiger partial charge in [0, 0.05) is 37.6 Å². The number of hydrogen-bond donors (Lipinski definition) is 1. The molecule has 5 heteroatoms. The first kappa shape index (κ1) is 13.4. The highest BCUT2D eigenvalue weighted by molar-refractivity contribution is 5.93. The lowest BCUT2D eigenvalue weighted by atomic mass is 9.84. The normalized spacial score (nSPS) is 27.1. The third-order valence-corrected chi connectivity index (χ3v) is 4.69. The maximum Gasteiger partial charge on any atom is 0.259 e. The monoisotopic (exact) mass is 275 g/mol. The molecule has 0 radical (unpaired) electrons. The molecule has 0 aromatic carbocycles. The number of piperidine rings is 2. The largest absolute Gasteiger partial charge is 0.367 e. The smallest absolute Gasteiger partial charge is 0.259 e. The van der Waals surface area contributed by atoms with Crippen LogP contribution in [0.15, 0.2) is 23.3 Å². The standard InChI is InChI=1S/C15H21N3O2/c1-17-7-2-3-11-10-18(8-5-13(11)17)15(20)12-9-16-6-4-14(12)19/h4,6,9,11,13H,2-3,5,7-8,10H2,1H3,(H,16,19). The van der Waals surface area contributed by atoms with E-state index in [1.165, 1.54) is 25.1 Å². The van der Waals surface area contributed by atoms with Gasteiger partial charge in [0.2, 0.25) is 0 Å². The lowest BCUT2D eigenvalue weighted by molar-refractivity contribution is 0.0316. The van der Waals surface area contributed by atoms with Crippen LogP contribution in [0.4, 0.5) is 0 Å². The average Bonchev–Trinajstić information content (AvgIpc) is 2.47. The van der Waals surface area contributed by atoms with Gasteiger partial charge in [-0.15, -0.1) is 0 Å². The Morgan fingerprint density at radius 1 is 1.35 bits per heavy atom. The van der Waals surface area contributed by atoms with Crippen molar-refractivity contribution in [1.82, 2.24) is 14.8 Å². The van der Waals surface area contributed by atoms with E-state index < -0.39 is 0 Å². The molecule has 2 aliphatic rings. The number of H-pyrrole nitrogens is 1. The Labute approximate surface area is 118 Å². The van der Waals surface area contributed by atoms with Crippen LogP contribution in [0.5, 0.6) is 0 Å². The van der Waals surface area contributed by atoms with Crippen LogP contribution in [0.1, 0.15) is 29.6 Å². The number of nitrogens with one attached hydrogen (secondary N) is 1. The second-order valence-electron chi connectivity index (χ2n) is 5.91. The first-order valence-corrected chi connectivity index (χ1v) is 7.33. The van der Waals surface area contributed by atoms with Crippen LogP contribution in [-0.2, 0) is 0 Å². The maximum atomic E-state index is 12.5. The third-order valence-electron chi connectivity index (χ3n) is 4.69. The molecule has 2 fully saturated rings. The molecule has 20 heavy (non-hydrogen) atoms. The van der Waals surface area contributed by atoms with Crippen molar-refractivity contribution in [2.24, 2.45) is 5.92 Å². The summed E-state index contributed by atoms with van der Waals surface area (Å²) in [5.41, 5.74) is 0.0618. The molecule has 0 spiro atoms. The van der Waals surface area contributed by atoms with E-state index in [1.807, 2.05) is 4.90 Å². The van der Waals surface area contributed by atoms with Crippen molar-refractivity contribution in [3.8, 4) is 0 Å². The summed E-state index contributed by atoms with van der Waals surface area (Å²) in [6.45, 7) is 2.69. The summed E-state index contributed by atoms with van der Waals surface area (Å²) < 4.78 is 0. The van der Waals surface area contributed by atoms with Gasteiger partial charge in [0.05, 0.1) is 0 Å². The van der Waals surface area contributed by atoms with Crippen molar-refractivity contribution in [2.75, 3.05) is 26.7 Å². The van der Waals surface area contributed by atoms with E-state index in [0.717, 1.165) is 26.1 Å². The molecule has 1 amide bonds. The molecular formula is C15H21N3O2. The fraction of sp³-hybridized carbons (Fsp3) is 0.600. The quantitative estimate of drug-likeness (QED) is 0.829.